The number of rotatable bonds is 3. The van der Waals surface area contributed by atoms with Crippen molar-refractivity contribution < 1.29 is 4.39 Å². The van der Waals surface area contributed by atoms with Crippen LogP contribution >= 0.6 is 11.6 Å². The molecule has 0 aliphatic heterocycles. The van der Waals surface area contributed by atoms with Crippen LogP contribution in [-0.4, -0.2) is 9.78 Å². The zero-order chi connectivity index (χ0) is 12.4. The first-order chi connectivity index (χ1) is 8.06. The van der Waals surface area contributed by atoms with E-state index in [0.717, 1.165) is 11.3 Å². The Bertz CT molecular complexity index is 520. The van der Waals surface area contributed by atoms with Gasteiger partial charge in [-0.2, -0.15) is 5.10 Å². The molecule has 1 heterocycles. The van der Waals surface area contributed by atoms with E-state index in [4.69, 9.17) is 11.6 Å². The Balaban J connectivity index is 2.24. The molecule has 0 saturated carbocycles. The molecule has 2 nitrogen and oxygen atoms in total. The standard InChI is InChI=1S/C13H14ClFN2/c1-9(2)12-7-13(14)17(16-12)8-10-4-3-5-11(15)6-10/h3-7,9H,8H2,1-2H3. The summed E-state index contributed by atoms with van der Waals surface area (Å²) in [5.74, 6) is 0.0936. The van der Waals surface area contributed by atoms with Crippen molar-refractivity contribution >= 4 is 11.6 Å². The highest BCUT2D eigenvalue weighted by Gasteiger charge is 2.09. The molecule has 1 aromatic carbocycles. The van der Waals surface area contributed by atoms with Crippen LogP contribution in [-0.2, 0) is 6.54 Å². The predicted molar refractivity (Wildman–Crippen MR) is 66.8 cm³/mol. The molecule has 0 unspecified atom stereocenters. The number of benzene rings is 1. The van der Waals surface area contributed by atoms with Crippen molar-refractivity contribution in [1.29, 1.82) is 0 Å². The highest BCUT2D eigenvalue weighted by atomic mass is 35.5. The summed E-state index contributed by atoms with van der Waals surface area (Å²) in [6.45, 7) is 4.61. The van der Waals surface area contributed by atoms with Gasteiger partial charge in [-0.15, -0.1) is 0 Å². The zero-order valence-electron chi connectivity index (χ0n) is 9.82. The summed E-state index contributed by atoms with van der Waals surface area (Å²) >= 11 is 6.09. The molecule has 1 aromatic heterocycles. The van der Waals surface area contributed by atoms with Gasteiger partial charge in [0.2, 0.25) is 0 Å². The monoisotopic (exact) mass is 252 g/mol. The third-order valence-corrected chi connectivity index (χ3v) is 2.87. The summed E-state index contributed by atoms with van der Waals surface area (Å²) in [5, 5.41) is 4.98. The normalized spacial score (nSPS) is 11.1. The van der Waals surface area contributed by atoms with Gasteiger partial charge in [0.1, 0.15) is 11.0 Å². The van der Waals surface area contributed by atoms with Crippen molar-refractivity contribution in [3.8, 4) is 0 Å². The molecule has 0 aliphatic rings. The van der Waals surface area contributed by atoms with Crippen molar-refractivity contribution in [2.24, 2.45) is 0 Å². The average Bonchev–Trinajstić information content (AvgIpc) is 2.61. The molecular weight excluding hydrogens is 239 g/mol. The van der Waals surface area contributed by atoms with Gasteiger partial charge < -0.3 is 0 Å². The number of halogens is 2. The van der Waals surface area contributed by atoms with E-state index in [-0.39, 0.29) is 5.82 Å². The lowest BCUT2D eigenvalue weighted by atomic mass is 10.1. The van der Waals surface area contributed by atoms with Gasteiger partial charge >= 0.3 is 0 Å². The molecular formula is C13H14ClFN2. The smallest absolute Gasteiger partial charge is 0.127 e. The van der Waals surface area contributed by atoms with Crippen molar-refractivity contribution in [2.75, 3.05) is 0 Å². The fourth-order valence-corrected chi connectivity index (χ4v) is 1.82. The van der Waals surface area contributed by atoms with Gasteiger partial charge in [0.05, 0.1) is 12.2 Å². The lowest BCUT2D eigenvalue weighted by molar-refractivity contribution is 0.616. The Morgan fingerprint density at radius 1 is 1.35 bits per heavy atom. The molecule has 0 fully saturated rings. The fraction of sp³-hybridized carbons (Fsp3) is 0.308. The minimum atomic E-state index is -0.241. The molecule has 2 aromatic rings. The quantitative estimate of drug-likeness (QED) is 0.811. The van der Waals surface area contributed by atoms with Crippen molar-refractivity contribution in [1.82, 2.24) is 9.78 Å². The molecule has 90 valence electrons. The van der Waals surface area contributed by atoms with E-state index in [1.165, 1.54) is 12.1 Å². The second-order valence-electron chi connectivity index (χ2n) is 4.33. The van der Waals surface area contributed by atoms with Crippen LogP contribution in [0.1, 0.15) is 31.0 Å². The average molecular weight is 253 g/mol. The Morgan fingerprint density at radius 3 is 2.71 bits per heavy atom. The van der Waals surface area contributed by atoms with Crippen LogP contribution in [0.2, 0.25) is 5.15 Å². The van der Waals surface area contributed by atoms with E-state index >= 15 is 0 Å². The van der Waals surface area contributed by atoms with E-state index in [9.17, 15) is 4.39 Å². The Morgan fingerprint density at radius 2 is 2.12 bits per heavy atom. The van der Waals surface area contributed by atoms with Crippen LogP contribution in [0.15, 0.2) is 30.3 Å². The third kappa shape index (κ3) is 2.86. The van der Waals surface area contributed by atoms with Gasteiger partial charge in [-0.1, -0.05) is 37.6 Å². The molecule has 0 saturated heterocycles. The maximum absolute atomic E-state index is 13.0. The minimum absolute atomic E-state index is 0.241. The Hall–Kier alpha value is -1.35. The van der Waals surface area contributed by atoms with Gasteiger partial charge in [-0.05, 0) is 29.7 Å². The van der Waals surface area contributed by atoms with Crippen LogP contribution < -0.4 is 0 Å². The molecule has 4 heteroatoms. The largest absolute Gasteiger partial charge is 0.249 e. The predicted octanol–water partition coefficient (Wildman–Crippen LogP) is 3.85. The molecule has 0 N–H and O–H groups in total. The first-order valence-corrected chi connectivity index (χ1v) is 5.92. The minimum Gasteiger partial charge on any atom is -0.249 e. The summed E-state index contributed by atoms with van der Waals surface area (Å²) in [7, 11) is 0. The van der Waals surface area contributed by atoms with E-state index in [1.54, 1.807) is 10.7 Å². The summed E-state index contributed by atoms with van der Waals surface area (Å²) in [6, 6.07) is 8.31. The summed E-state index contributed by atoms with van der Waals surface area (Å²) in [4.78, 5) is 0. The van der Waals surface area contributed by atoms with Crippen LogP contribution in [0.5, 0.6) is 0 Å². The fourth-order valence-electron chi connectivity index (χ4n) is 1.61. The van der Waals surface area contributed by atoms with E-state index < -0.39 is 0 Å². The topological polar surface area (TPSA) is 17.8 Å². The summed E-state index contributed by atoms with van der Waals surface area (Å²) in [5.41, 5.74) is 1.80. The maximum atomic E-state index is 13.0. The Kier molecular flexibility index (Phi) is 3.48. The SMILES string of the molecule is CC(C)c1cc(Cl)n(Cc2cccc(F)c2)n1. The molecule has 0 bridgehead atoms. The maximum Gasteiger partial charge on any atom is 0.127 e. The highest BCUT2D eigenvalue weighted by molar-refractivity contribution is 6.29. The van der Waals surface area contributed by atoms with Gasteiger partial charge in [-0.25, -0.2) is 9.07 Å². The molecule has 2 rings (SSSR count). The van der Waals surface area contributed by atoms with Gasteiger partial charge in [0.25, 0.3) is 0 Å². The first kappa shape index (κ1) is 12.1. The Labute approximate surface area is 105 Å². The number of nitrogens with zero attached hydrogens (tertiary/aromatic N) is 2. The molecule has 0 radical (unpaired) electrons. The first-order valence-electron chi connectivity index (χ1n) is 5.54. The van der Waals surface area contributed by atoms with E-state index in [0.29, 0.717) is 17.6 Å². The van der Waals surface area contributed by atoms with Crippen LogP contribution in [0.25, 0.3) is 0 Å². The second-order valence-corrected chi connectivity index (χ2v) is 4.72. The van der Waals surface area contributed by atoms with Gasteiger partial charge in [0, 0.05) is 0 Å². The van der Waals surface area contributed by atoms with E-state index in [2.05, 4.69) is 18.9 Å². The molecule has 0 spiro atoms. The number of aromatic nitrogens is 2. The molecule has 0 aliphatic carbocycles. The van der Waals surface area contributed by atoms with Crippen molar-refractivity contribution in [3.63, 3.8) is 0 Å². The van der Waals surface area contributed by atoms with Gasteiger partial charge in [-0.3, -0.25) is 0 Å². The number of hydrogen-bond acceptors (Lipinski definition) is 1. The van der Waals surface area contributed by atoms with Crippen LogP contribution in [0, 0.1) is 5.82 Å². The van der Waals surface area contributed by atoms with Crippen molar-refractivity contribution in [3.05, 3.63) is 52.6 Å². The highest BCUT2D eigenvalue weighted by Crippen LogP contribution is 2.19. The molecule has 0 atom stereocenters. The van der Waals surface area contributed by atoms with Crippen molar-refractivity contribution in [2.45, 2.75) is 26.3 Å². The zero-order valence-corrected chi connectivity index (χ0v) is 10.6. The number of hydrogen-bond donors (Lipinski definition) is 0. The lowest BCUT2D eigenvalue weighted by Gasteiger charge is -2.04. The third-order valence-electron chi connectivity index (χ3n) is 2.56. The molecule has 0 amide bonds. The molecule has 17 heavy (non-hydrogen) atoms. The van der Waals surface area contributed by atoms with E-state index in [1.807, 2.05) is 12.1 Å². The van der Waals surface area contributed by atoms with Gasteiger partial charge in [0.15, 0.2) is 0 Å². The van der Waals surface area contributed by atoms with Crippen LogP contribution in [0.4, 0.5) is 4.39 Å². The second kappa shape index (κ2) is 4.88. The lowest BCUT2D eigenvalue weighted by Crippen LogP contribution is -2.03. The summed E-state index contributed by atoms with van der Waals surface area (Å²) < 4.78 is 14.7. The van der Waals surface area contributed by atoms with Crippen LogP contribution in [0.3, 0.4) is 0 Å². The summed E-state index contributed by atoms with van der Waals surface area (Å²) in [6.07, 6.45) is 0.